The minimum absolute atomic E-state index is 0.0553. The summed E-state index contributed by atoms with van der Waals surface area (Å²) in [6.07, 6.45) is 10.0. The zero-order valence-corrected chi connectivity index (χ0v) is 23.9. The summed E-state index contributed by atoms with van der Waals surface area (Å²) in [5.74, 6) is 0.861. The number of hydrogen-bond acceptors (Lipinski definition) is 9. The van der Waals surface area contributed by atoms with Crippen molar-refractivity contribution in [1.82, 2.24) is 28.7 Å². The molecular weight excluding hydrogens is 532 g/mol. The second-order valence-corrected chi connectivity index (χ2v) is 13.3. The van der Waals surface area contributed by atoms with E-state index in [0.29, 0.717) is 30.4 Å². The molecule has 1 amide bonds. The number of nitrogens with zero attached hydrogens (tertiary/aromatic N) is 7. The summed E-state index contributed by atoms with van der Waals surface area (Å²) in [6, 6.07) is 5.40. The molecule has 0 aromatic carbocycles. The number of pyridine rings is 1. The highest BCUT2D eigenvalue weighted by molar-refractivity contribution is 7.88. The van der Waals surface area contributed by atoms with Gasteiger partial charge in [0.05, 0.1) is 18.1 Å². The number of carbonyl (C=O) groups is 1. The molecule has 2 N–H and O–H groups in total. The fraction of sp³-hybridized carbons (Fsp3) is 0.556. The number of aromatic nitrogens is 4. The minimum Gasteiger partial charge on any atom is -0.374 e. The van der Waals surface area contributed by atoms with E-state index in [2.05, 4.69) is 19.9 Å². The maximum Gasteiger partial charge on any atom is 0.270 e. The third-order valence-corrected chi connectivity index (χ3v) is 9.76. The van der Waals surface area contributed by atoms with E-state index in [-0.39, 0.29) is 24.0 Å². The standard InChI is InChI=1S/C27H36N8O4S/c1-32(2)26(37)22-12-17-14-29-27(31-25(17)34(22)18-6-4-5-7-18)30-23-11-10-20(15-28-23)33-16-21-9-8-19(13-24(33)36)35(21)40(3,38)39/h10-12,14-15,18-19,21,24,36H,4-9,13,16H2,1-3H3,(H,28,29,30,31). The molecule has 3 atom stereocenters. The molecule has 40 heavy (non-hydrogen) atoms. The Hall–Kier alpha value is -3.29. The van der Waals surface area contributed by atoms with Crippen molar-refractivity contribution in [1.29, 1.82) is 0 Å². The Morgan fingerprint density at radius 3 is 2.48 bits per heavy atom. The Morgan fingerprint density at radius 2 is 1.80 bits per heavy atom. The number of nitrogens with one attached hydrogen (secondary N) is 1. The first-order valence-corrected chi connectivity index (χ1v) is 15.7. The minimum atomic E-state index is -3.35. The van der Waals surface area contributed by atoms with Gasteiger partial charge in [0.15, 0.2) is 0 Å². The van der Waals surface area contributed by atoms with Gasteiger partial charge in [0, 0.05) is 56.8 Å². The van der Waals surface area contributed by atoms with Crippen LogP contribution in [0.1, 0.15) is 61.5 Å². The van der Waals surface area contributed by atoms with Gasteiger partial charge >= 0.3 is 0 Å². The molecule has 214 valence electrons. The third kappa shape index (κ3) is 4.90. The van der Waals surface area contributed by atoms with Crippen LogP contribution in [0.3, 0.4) is 0 Å². The van der Waals surface area contributed by atoms with Gasteiger partial charge in [-0.2, -0.15) is 9.29 Å². The van der Waals surface area contributed by atoms with Crippen molar-refractivity contribution in [2.75, 3.05) is 37.1 Å². The molecule has 2 aliphatic heterocycles. The normalized spacial score (nSPS) is 24.0. The van der Waals surface area contributed by atoms with Gasteiger partial charge in [0.25, 0.3) is 5.91 Å². The Morgan fingerprint density at radius 1 is 1.05 bits per heavy atom. The van der Waals surface area contributed by atoms with Gasteiger partial charge in [0.1, 0.15) is 23.4 Å². The molecule has 3 unspecified atom stereocenters. The molecule has 1 aliphatic carbocycles. The average Bonchev–Trinajstić information content (AvgIpc) is 3.63. The number of amides is 1. The molecule has 12 nitrogen and oxygen atoms in total. The van der Waals surface area contributed by atoms with Crippen molar-refractivity contribution < 1.29 is 18.3 Å². The van der Waals surface area contributed by atoms with E-state index in [1.807, 2.05) is 17.0 Å². The summed E-state index contributed by atoms with van der Waals surface area (Å²) < 4.78 is 28.4. The second kappa shape index (κ2) is 10.3. The zero-order valence-electron chi connectivity index (χ0n) is 23.1. The smallest absolute Gasteiger partial charge is 0.270 e. The highest BCUT2D eigenvalue weighted by atomic mass is 32.2. The summed E-state index contributed by atoms with van der Waals surface area (Å²) in [4.78, 5) is 30.2. The average molecular weight is 569 g/mol. The number of rotatable bonds is 6. The van der Waals surface area contributed by atoms with Crippen LogP contribution in [0.4, 0.5) is 17.5 Å². The van der Waals surface area contributed by atoms with E-state index in [9.17, 15) is 18.3 Å². The van der Waals surface area contributed by atoms with E-state index in [0.717, 1.165) is 55.2 Å². The molecule has 3 fully saturated rings. The SMILES string of the molecule is CN(C)C(=O)c1cc2cnc(Nc3ccc(N4CC5CCC(CC4O)N5S(C)(=O)=O)cn3)nc2n1C1CCCC1. The topological polar surface area (TPSA) is 137 Å². The molecule has 3 aromatic heterocycles. The number of aliphatic hydroxyl groups excluding tert-OH is 1. The highest BCUT2D eigenvalue weighted by Gasteiger charge is 2.45. The molecule has 1 saturated carbocycles. The first-order valence-electron chi connectivity index (χ1n) is 13.9. The quantitative estimate of drug-likeness (QED) is 0.460. The lowest BCUT2D eigenvalue weighted by Gasteiger charge is -2.31. The van der Waals surface area contributed by atoms with Gasteiger partial charge in [-0.15, -0.1) is 0 Å². The first kappa shape index (κ1) is 26.9. The van der Waals surface area contributed by atoms with Crippen LogP contribution >= 0.6 is 0 Å². The molecule has 0 spiro atoms. The number of hydrogen-bond donors (Lipinski definition) is 2. The summed E-state index contributed by atoms with van der Waals surface area (Å²) in [6.45, 7) is 0.408. The van der Waals surface area contributed by atoms with Crippen LogP contribution in [-0.4, -0.2) is 93.4 Å². The Labute approximate surface area is 234 Å². The van der Waals surface area contributed by atoms with Crippen LogP contribution in [0.15, 0.2) is 30.6 Å². The summed E-state index contributed by atoms with van der Waals surface area (Å²) >= 11 is 0. The molecule has 6 rings (SSSR count). The van der Waals surface area contributed by atoms with E-state index in [1.54, 1.807) is 41.8 Å². The maximum absolute atomic E-state index is 13.0. The van der Waals surface area contributed by atoms with Gasteiger partial charge < -0.3 is 24.8 Å². The van der Waals surface area contributed by atoms with Crippen molar-refractivity contribution in [3.63, 3.8) is 0 Å². The highest BCUT2D eigenvalue weighted by Crippen LogP contribution is 2.37. The van der Waals surface area contributed by atoms with Crippen LogP contribution in [-0.2, 0) is 10.0 Å². The predicted octanol–water partition coefficient (Wildman–Crippen LogP) is 2.71. The Bertz CT molecular complexity index is 1520. The van der Waals surface area contributed by atoms with Crippen molar-refractivity contribution in [2.24, 2.45) is 0 Å². The molecule has 13 heteroatoms. The van der Waals surface area contributed by atoms with Crippen LogP contribution in [0.5, 0.6) is 0 Å². The zero-order chi connectivity index (χ0) is 28.2. The Kier molecular flexibility index (Phi) is 6.91. The largest absolute Gasteiger partial charge is 0.374 e. The van der Waals surface area contributed by atoms with Crippen molar-refractivity contribution in [3.8, 4) is 0 Å². The molecule has 3 aliphatic rings. The lowest BCUT2D eigenvalue weighted by Crippen LogP contribution is -2.43. The van der Waals surface area contributed by atoms with Crippen LogP contribution in [0.2, 0.25) is 0 Å². The van der Waals surface area contributed by atoms with Crippen LogP contribution < -0.4 is 10.2 Å². The van der Waals surface area contributed by atoms with E-state index in [1.165, 1.54) is 6.26 Å². The molecule has 0 radical (unpaired) electrons. The fourth-order valence-electron chi connectivity index (χ4n) is 6.61. The maximum atomic E-state index is 13.0. The molecule has 2 saturated heterocycles. The van der Waals surface area contributed by atoms with E-state index < -0.39 is 16.3 Å². The monoisotopic (exact) mass is 568 g/mol. The predicted molar refractivity (Wildman–Crippen MR) is 152 cm³/mol. The van der Waals surface area contributed by atoms with Gasteiger partial charge in [-0.3, -0.25) is 4.79 Å². The van der Waals surface area contributed by atoms with E-state index in [4.69, 9.17) is 4.98 Å². The number of aliphatic hydroxyl groups is 1. The molecule has 3 aromatic rings. The first-order chi connectivity index (χ1) is 19.1. The number of fused-ring (bicyclic) bond motifs is 3. The van der Waals surface area contributed by atoms with E-state index >= 15 is 0 Å². The van der Waals surface area contributed by atoms with Crippen molar-refractivity contribution in [2.45, 2.75) is 69.3 Å². The number of carbonyl (C=O) groups excluding carboxylic acids is 1. The lowest BCUT2D eigenvalue weighted by atomic mass is 10.1. The van der Waals surface area contributed by atoms with Gasteiger partial charge in [-0.05, 0) is 43.9 Å². The number of anilines is 3. The van der Waals surface area contributed by atoms with Gasteiger partial charge in [-0.25, -0.2) is 18.4 Å². The molecule has 2 bridgehead atoms. The summed E-state index contributed by atoms with van der Waals surface area (Å²) in [5, 5.41) is 14.9. The summed E-state index contributed by atoms with van der Waals surface area (Å²) in [5.41, 5.74) is 2.07. The van der Waals surface area contributed by atoms with Gasteiger partial charge in [-0.1, -0.05) is 12.8 Å². The summed E-state index contributed by atoms with van der Waals surface area (Å²) in [7, 11) is 0.153. The Balaban J connectivity index is 1.24. The molecule has 5 heterocycles. The third-order valence-electron chi connectivity index (χ3n) is 8.40. The second-order valence-electron chi connectivity index (χ2n) is 11.4. The van der Waals surface area contributed by atoms with Crippen LogP contribution in [0, 0.1) is 0 Å². The van der Waals surface area contributed by atoms with Crippen molar-refractivity contribution >= 4 is 44.4 Å². The van der Waals surface area contributed by atoms with Crippen molar-refractivity contribution in [3.05, 3.63) is 36.3 Å². The lowest BCUT2D eigenvalue weighted by molar-refractivity contribution is 0.0815. The van der Waals surface area contributed by atoms with Gasteiger partial charge in [0.2, 0.25) is 16.0 Å². The molecular formula is C27H36N8O4S. The number of sulfonamides is 1. The fourth-order valence-corrected chi connectivity index (χ4v) is 8.05. The van der Waals surface area contributed by atoms with Crippen LogP contribution in [0.25, 0.3) is 11.0 Å².